The molecule has 0 amide bonds. The predicted molar refractivity (Wildman–Crippen MR) is 89.2 cm³/mol. The van der Waals surface area contributed by atoms with Gasteiger partial charge in [0.1, 0.15) is 17.3 Å². The van der Waals surface area contributed by atoms with Crippen molar-refractivity contribution < 1.29 is 9.15 Å². The topological polar surface area (TPSA) is 77.4 Å². The lowest BCUT2D eigenvalue weighted by Gasteiger charge is -2.19. The van der Waals surface area contributed by atoms with Crippen molar-refractivity contribution in [3.05, 3.63) is 54.3 Å². The molecule has 3 aromatic rings. The summed E-state index contributed by atoms with van der Waals surface area (Å²) in [6, 6.07) is 13.4. The number of hydrogen-bond donors (Lipinski definition) is 1. The van der Waals surface area contributed by atoms with Crippen LogP contribution in [0.25, 0.3) is 11.5 Å². The lowest BCUT2D eigenvalue weighted by atomic mass is 10.2. The smallest absolute Gasteiger partial charge is 0.222 e. The van der Waals surface area contributed by atoms with E-state index < -0.39 is 0 Å². The highest BCUT2D eigenvalue weighted by Crippen LogP contribution is 2.24. The Balaban J connectivity index is 1.85. The third kappa shape index (κ3) is 3.42. The van der Waals surface area contributed by atoms with Gasteiger partial charge in [0, 0.05) is 19.7 Å². The van der Waals surface area contributed by atoms with Gasteiger partial charge in [-0.2, -0.15) is 4.98 Å². The zero-order chi connectivity index (χ0) is 16.2. The average Bonchev–Trinajstić information content (AvgIpc) is 3.09. The molecule has 6 heteroatoms. The first-order valence-electron chi connectivity index (χ1n) is 7.18. The monoisotopic (exact) mass is 310 g/mol. The molecule has 23 heavy (non-hydrogen) atoms. The average molecular weight is 310 g/mol. The minimum Gasteiger partial charge on any atom is -0.497 e. The summed E-state index contributed by atoms with van der Waals surface area (Å²) in [5, 5.41) is 0. The number of hydrogen-bond acceptors (Lipinski definition) is 6. The third-order valence-electron chi connectivity index (χ3n) is 3.45. The van der Waals surface area contributed by atoms with Crippen LogP contribution in [-0.4, -0.2) is 24.1 Å². The standard InChI is InChI=1S/C17H18N4O2/c1-21(11-12-5-3-6-13(9-12)22-2)16-10-14(19-17(18)20-16)15-7-4-8-23-15/h3-10H,11H2,1-2H3,(H2,18,19,20). The van der Waals surface area contributed by atoms with Crippen molar-refractivity contribution in [1.82, 2.24) is 9.97 Å². The van der Waals surface area contributed by atoms with Crippen LogP contribution in [0.15, 0.2) is 53.1 Å². The Morgan fingerprint density at radius 1 is 1.17 bits per heavy atom. The first-order valence-corrected chi connectivity index (χ1v) is 7.18. The number of ether oxygens (including phenoxy) is 1. The van der Waals surface area contributed by atoms with E-state index in [-0.39, 0.29) is 5.95 Å². The van der Waals surface area contributed by atoms with Gasteiger partial charge >= 0.3 is 0 Å². The van der Waals surface area contributed by atoms with Gasteiger partial charge in [0.2, 0.25) is 5.95 Å². The van der Waals surface area contributed by atoms with E-state index in [2.05, 4.69) is 9.97 Å². The maximum atomic E-state index is 5.83. The van der Waals surface area contributed by atoms with Crippen molar-refractivity contribution in [2.45, 2.75) is 6.54 Å². The van der Waals surface area contributed by atoms with Crippen LogP contribution in [0.1, 0.15) is 5.56 Å². The summed E-state index contributed by atoms with van der Waals surface area (Å²) >= 11 is 0. The van der Waals surface area contributed by atoms with E-state index in [1.807, 2.05) is 54.4 Å². The van der Waals surface area contributed by atoms with Crippen LogP contribution < -0.4 is 15.4 Å². The van der Waals surface area contributed by atoms with E-state index in [4.69, 9.17) is 14.9 Å². The number of nitrogens with zero attached hydrogens (tertiary/aromatic N) is 3. The number of nitrogens with two attached hydrogens (primary N) is 1. The Bertz CT molecular complexity index is 787. The van der Waals surface area contributed by atoms with E-state index >= 15 is 0 Å². The third-order valence-corrected chi connectivity index (χ3v) is 3.45. The molecule has 0 aliphatic rings. The molecule has 0 spiro atoms. The second kappa shape index (κ2) is 6.39. The molecule has 3 rings (SSSR count). The van der Waals surface area contributed by atoms with Crippen molar-refractivity contribution in [2.24, 2.45) is 0 Å². The molecule has 0 bridgehead atoms. The van der Waals surface area contributed by atoms with Gasteiger partial charge in [0.25, 0.3) is 0 Å². The number of nitrogen functional groups attached to an aromatic ring is 1. The van der Waals surface area contributed by atoms with Crippen LogP contribution in [-0.2, 0) is 6.54 Å². The molecule has 6 nitrogen and oxygen atoms in total. The second-order valence-corrected chi connectivity index (χ2v) is 5.15. The number of aromatic nitrogens is 2. The molecular formula is C17H18N4O2. The highest BCUT2D eigenvalue weighted by Gasteiger charge is 2.11. The van der Waals surface area contributed by atoms with Gasteiger partial charge in [-0.3, -0.25) is 0 Å². The van der Waals surface area contributed by atoms with E-state index in [1.54, 1.807) is 13.4 Å². The fourth-order valence-electron chi connectivity index (χ4n) is 2.32. The molecular weight excluding hydrogens is 292 g/mol. The van der Waals surface area contributed by atoms with Gasteiger partial charge in [-0.25, -0.2) is 4.98 Å². The molecule has 0 atom stereocenters. The van der Waals surface area contributed by atoms with Crippen LogP contribution >= 0.6 is 0 Å². The first kappa shape index (κ1) is 14.9. The lowest BCUT2D eigenvalue weighted by molar-refractivity contribution is 0.414. The predicted octanol–water partition coefficient (Wildman–Crippen LogP) is 2.96. The number of rotatable bonds is 5. The van der Waals surface area contributed by atoms with Crippen LogP contribution in [0.2, 0.25) is 0 Å². The van der Waals surface area contributed by atoms with Crippen molar-refractivity contribution in [3.63, 3.8) is 0 Å². The number of anilines is 2. The highest BCUT2D eigenvalue weighted by molar-refractivity contribution is 5.59. The Labute approximate surface area is 134 Å². The highest BCUT2D eigenvalue weighted by atomic mass is 16.5. The first-order chi connectivity index (χ1) is 11.2. The molecule has 0 saturated carbocycles. The Hall–Kier alpha value is -3.02. The van der Waals surface area contributed by atoms with Gasteiger partial charge in [0.05, 0.1) is 13.4 Å². The maximum Gasteiger partial charge on any atom is 0.222 e. The zero-order valence-electron chi connectivity index (χ0n) is 13.1. The van der Waals surface area contributed by atoms with Gasteiger partial charge in [-0.15, -0.1) is 0 Å². The van der Waals surface area contributed by atoms with Crippen molar-refractivity contribution in [2.75, 3.05) is 24.8 Å². The molecule has 0 aliphatic heterocycles. The molecule has 0 aliphatic carbocycles. The van der Waals surface area contributed by atoms with Crippen LogP contribution in [0.3, 0.4) is 0 Å². The van der Waals surface area contributed by atoms with Gasteiger partial charge in [-0.1, -0.05) is 12.1 Å². The molecule has 0 radical (unpaired) electrons. The summed E-state index contributed by atoms with van der Waals surface area (Å²) < 4.78 is 10.6. The van der Waals surface area contributed by atoms with E-state index in [1.165, 1.54) is 0 Å². The van der Waals surface area contributed by atoms with E-state index in [0.29, 0.717) is 18.0 Å². The van der Waals surface area contributed by atoms with Crippen molar-refractivity contribution >= 4 is 11.8 Å². The van der Waals surface area contributed by atoms with Gasteiger partial charge in [0.15, 0.2) is 5.76 Å². The second-order valence-electron chi connectivity index (χ2n) is 5.15. The summed E-state index contributed by atoms with van der Waals surface area (Å²) in [4.78, 5) is 10.5. The largest absolute Gasteiger partial charge is 0.497 e. The molecule has 1 aromatic carbocycles. The molecule has 118 valence electrons. The Kier molecular flexibility index (Phi) is 4.14. The number of furan rings is 1. The van der Waals surface area contributed by atoms with Crippen molar-refractivity contribution in [1.29, 1.82) is 0 Å². The fraction of sp³-hybridized carbons (Fsp3) is 0.176. The van der Waals surface area contributed by atoms with Gasteiger partial charge < -0.3 is 19.8 Å². The summed E-state index contributed by atoms with van der Waals surface area (Å²) in [6.45, 7) is 0.672. The summed E-state index contributed by atoms with van der Waals surface area (Å²) in [6.07, 6.45) is 1.60. The summed E-state index contributed by atoms with van der Waals surface area (Å²) in [5.41, 5.74) is 7.61. The summed E-state index contributed by atoms with van der Waals surface area (Å²) in [5.74, 6) is 2.43. The molecule has 2 N–H and O–H groups in total. The molecule has 0 unspecified atom stereocenters. The minimum absolute atomic E-state index is 0.214. The van der Waals surface area contributed by atoms with Crippen LogP contribution in [0, 0.1) is 0 Å². The SMILES string of the molecule is COc1cccc(CN(C)c2cc(-c3ccco3)nc(N)n2)c1. The van der Waals surface area contributed by atoms with E-state index in [9.17, 15) is 0 Å². The quantitative estimate of drug-likeness (QED) is 0.780. The molecule has 0 fully saturated rings. The van der Waals surface area contributed by atoms with Gasteiger partial charge in [-0.05, 0) is 29.8 Å². The summed E-state index contributed by atoms with van der Waals surface area (Å²) in [7, 11) is 3.61. The number of benzene rings is 1. The maximum absolute atomic E-state index is 5.83. The minimum atomic E-state index is 0.214. The van der Waals surface area contributed by atoms with Crippen LogP contribution in [0.5, 0.6) is 5.75 Å². The molecule has 2 aromatic heterocycles. The molecule has 0 saturated heterocycles. The number of methoxy groups -OCH3 is 1. The normalized spacial score (nSPS) is 10.5. The fourth-order valence-corrected chi connectivity index (χ4v) is 2.32. The Morgan fingerprint density at radius 2 is 2.04 bits per heavy atom. The van der Waals surface area contributed by atoms with Crippen molar-refractivity contribution in [3.8, 4) is 17.2 Å². The zero-order valence-corrected chi connectivity index (χ0v) is 13.1. The van der Waals surface area contributed by atoms with E-state index in [0.717, 1.165) is 17.1 Å². The van der Waals surface area contributed by atoms with Crippen LogP contribution in [0.4, 0.5) is 11.8 Å². The lowest BCUT2D eigenvalue weighted by Crippen LogP contribution is -2.18. The molecule has 2 heterocycles. The Morgan fingerprint density at radius 3 is 2.78 bits per heavy atom.